The van der Waals surface area contributed by atoms with Crippen LogP contribution in [-0.4, -0.2) is 38.6 Å². The van der Waals surface area contributed by atoms with Gasteiger partial charge < -0.3 is 5.32 Å². The van der Waals surface area contributed by atoms with Gasteiger partial charge in [0.15, 0.2) is 5.78 Å². The molecule has 39 heavy (non-hydrogen) atoms. The van der Waals surface area contributed by atoms with E-state index >= 15 is 0 Å². The van der Waals surface area contributed by atoms with Gasteiger partial charge in [0.1, 0.15) is 18.1 Å². The maximum Gasteiger partial charge on any atom is 0.249 e. The molecule has 2 amide bonds. The maximum absolute atomic E-state index is 14.2. The van der Waals surface area contributed by atoms with Gasteiger partial charge in [0.25, 0.3) is 0 Å². The van der Waals surface area contributed by atoms with Crippen LogP contribution in [0.25, 0.3) is 11.0 Å². The number of fused-ring (bicyclic) bond motifs is 1. The maximum atomic E-state index is 14.2. The number of hydrogen-bond acceptors (Lipinski definition) is 5. The average Bonchev–Trinajstić information content (AvgIpc) is 3.35. The van der Waals surface area contributed by atoms with E-state index < -0.39 is 6.04 Å². The fourth-order valence-corrected chi connectivity index (χ4v) is 5.37. The summed E-state index contributed by atoms with van der Waals surface area (Å²) in [5.41, 5.74) is 3.98. The quantitative estimate of drug-likeness (QED) is 0.322. The van der Waals surface area contributed by atoms with Gasteiger partial charge in [-0.3, -0.25) is 19.3 Å². The molecule has 0 aliphatic heterocycles. The van der Waals surface area contributed by atoms with Crippen molar-refractivity contribution in [2.75, 3.05) is 4.90 Å². The van der Waals surface area contributed by atoms with Crippen LogP contribution >= 0.6 is 0 Å². The predicted molar refractivity (Wildman–Crippen MR) is 150 cm³/mol. The predicted octanol–water partition coefficient (Wildman–Crippen LogP) is 5.17. The summed E-state index contributed by atoms with van der Waals surface area (Å²) in [5, 5.41) is 11.6. The number of aryl methyl sites for hydroxylation is 1. The highest BCUT2D eigenvalue weighted by molar-refractivity contribution is 6.03. The number of nitrogens with zero attached hydrogens (tertiary/aromatic N) is 4. The Balaban J connectivity index is 1.60. The lowest BCUT2D eigenvalue weighted by atomic mass is 9.93. The summed E-state index contributed by atoms with van der Waals surface area (Å²) in [6.07, 6.45) is 5.16. The lowest BCUT2D eigenvalue weighted by Gasteiger charge is -2.34. The van der Waals surface area contributed by atoms with E-state index in [2.05, 4.69) is 15.6 Å². The number of amides is 2. The van der Waals surface area contributed by atoms with Crippen LogP contribution in [0.15, 0.2) is 72.8 Å². The molecule has 0 spiro atoms. The summed E-state index contributed by atoms with van der Waals surface area (Å²) in [5.74, 6) is -0.690. The number of hydrogen-bond donors (Lipinski definition) is 1. The Morgan fingerprint density at radius 3 is 2.49 bits per heavy atom. The third kappa shape index (κ3) is 5.74. The first kappa shape index (κ1) is 26.3. The highest BCUT2D eigenvalue weighted by atomic mass is 16.2. The standard InChI is InChI=1S/C31H33N5O3/c1-21-11-6-7-16-26(21)30(31(39)32-24-13-4-3-5-14-24)36(25-15-10-12-23(19-25)22(2)37)29(38)20-35-28-18-9-8-17-27(28)33-34-35/h6-12,15-19,24,30H,3-5,13-14,20H2,1-2H3,(H,32,39)/t30-/m1/s1. The van der Waals surface area contributed by atoms with Gasteiger partial charge in [-0.15, -0.1) is 5.10 Å². The van der Waals surface area contributed by atoms with Crippen LogP contribution in [0, 0.1) is 6.92 Å². The number of anilines is 1. The second kappa shape index (κ2) is 11.6. The molecule has 0 bridgehead atoms. The molecule has 8 heteroatoms. The van der Waals surface area contributed by atoms with E-state index in [1.165, 1.54) is 18.2 Å². The van der Waals surface area contributed by atoms with E-state index in [1.807, 2.05) is 55.5 Å². The highest BCUT2D eigenvalue weighted by Crippen LogP contribution is 2.32. The molecule has 1 fully saturated rings. The monoisotopic (exact) mass is 523 g/mol. The van der Waals surface area contributed by atoms with E-state index in [1.54, 1.807) is 28.9 Å². The normalized spacial score (nSPS) is 14.6. The Labute approximate surface area is 228 Å². The van der Waals surface area contributed by atoms with Crippen LogP contribution < -0.4 is 10.2 Å². The molecular weight excluding hydrogens is 490 g/mol. The van der Waals surface area contributed by atoms with E-state index in [0.29, 0.717) is 16.8 Å². The van der Waals surface area contributed by atoms with E-state index in [-0.39, 0.29) is 30.2 Å². The third-order valence-corrected chi connectivity index (χ3v) is 7.45. The largest absolute Gasteiger partial charge is 0.351 e. The van der Waals surface area contributed by atoms with Crippen molar-refractivity contribution in [2.24, 2.45) is 0 Å². The zero-order valence-electron chi connectivity index (χ0n) is 22.3. The van der Waals surface area contributed by atoms with Crippen molar-refractivity contribution in [2.45, 2.75) is 64.6 Å². The van der Waals surface area contributed by atoms with Crippen molar-refractivity contribution in [1.82, 2.24) is 20.3 Å². The Morgan fingerprint density at radius 2 is 1.72 bits per heavy atom. The first-order valence-corrected chi connectivity index (χ1v) is 13.5. The highest BCUT2D eigenvalue weighted by Gasteiger charge is 2.35. The van der Waals surface area contributed by atoms with Crippen LogP contribution in [0.5, 0.6) is 0 Å². The number of nitrogens with one attached hydrogen (secondary N) is 1. The first-order valence-electron chi connectivity index (χ1n) is 13.5. The molecule has 0 unspecified atom stereocenters. The minimum absolute atomic E-state index is 0.0672. The summed E-state index contributed by atoms with van der Waals surface area (Å²) >= 11 is 0. The fraction of sp³-hybridized carbons (Fsp3) is 0.323. The van der Waals surface area contributed by atoms with E-state index in [9.17, 15) is 14.4 Å². The molecule has 1 N–H and O–H groups in total. The zero-order chi connectivity index (χ0) is 27.4. The number of benzene rings is 3. The molecule has 1 saturated carbocycles. The number of Topliss-reactive ketones (excluding diaryl/α,β-unsaturated/α-hetero) is 1. The minimum Gasteiger partial charge on any atom is -0.351 e. The molecule has 1 atom stereocenters. The topological polar surface area (TPSA) is 97.2 Å². The van der Waals surface area contributed by atoms with Gasteiger partial charge in [0, 0.05) is 17.3 Å². The van der Waals surface area contributed by atoms with Crippen LogP contribution in [-0.2, 0) is 16.1 Å². The summed E-state index contributed by atoms with van der Waals surface area (Å²) < 4.78 is 1.55. The Morgan fingerprint density at radius 1 is 0.974 bits per heavy atom. The van der Waals surface area contributed by atoms with Crippen molar-refractivity contribution in [3.63, 3.8) is 0 Å². The van der Waals surface area contributed by atoms with Crippen molar-refractivity contribution >= 4 is 34.3 Å². The van der Waals surface area contributed by atoms with Gasteiger partial charge in [0.2, 0.25) is 11.8 Å². The Bertz CT molecular complexity index is 1500. The smallest absolute Gasteiger partial charge is 0.249 e. The SMILES string of the molecule is CC(=O)c1cccc(N(C(=O)Cn2nnc3ccccc32)[C@@H](C(=O)NC2CCCCC2)c2ccccc2C)c1. The molecule has 1 aliphatic carbocycles. The van der Waals surface area contributed by atoms with Crippen LogP contribution in [0.2, 0.25) is 0 Å². The zero-order valence-corrected chi connectivity index (χ0v) is 22.3. The van der Waals surface area contributed by atoms with Crippen molar-refractivity contribution in [3.05, 3.63) is 89.5 Å². The molecule has 1 aromatic heterocycles. The fourth-order valence-electron chi connectivity index (χ4n) is 5.37. The van der Waals surface area contributed by atoms with E-state index in [0.717, 1.165) is 42.3 Å². The molecule has 5 rings (SSSR count). The number of aromatic nitrogens is 3. The van der Waals surface area contributed by atoms with Gasteiger partial charge in [-0.25, -0.2) is 4.68 Å². The Kier molecular flexibility index (Phi) is 7.81. The molecule has 1 aliphatic rings. The number of carbonyl (C=O) groups excluding carboxylic acids is 3. The van der Waals surface area contributed by atoms with Crippen LogP contribution in [0.4, 0.5) is 5.69 Å². The number of rotatable bonds is 8. The molecule has 1 heterocycles. The number of para-hydroxylation sites is 1. The first-order chi connectivity index (χ1) is 18.9. The second-order valence-corrected chi connectivity index (χ2v) is 10.2. The molecular formula is C31H33N5O3. The van der Waals surface area contributed by atoms with Crippen LogP contribution in [0.3, 0.4) is 0 Å². The number of carbonyl (C=O) groups is 3. The van der Waals surface area contributed by atoms with Crippen molar-refractivity contribution < 1.29 is 14.4 Å². The summed E-state index contributed by atoms with van der Waals surface area (Å²) in [4.78, 5) is 42.1. The Hall–Kier alpha value is -4.33. The molecule has 3 aromatic carbocycles. The lowest BCUT2D eigenvalue weighted by Crippen LogP contribution is -2.48. The molecule has 0 radical (unpaired) electrons. The van der Waals surface area contributed by atoms with Crippen LogP contribution in [0.1, 0.15) is 66.6 Å². The van der Waals surface area contributed by atoms with Gasteiger partial charge in [-0.05, 0) is 62.1 Å². The van der Waals surface area contributed by atoms with Gasteiger partial charge in [-0.1, -0.05) is 73.0 Å². The molecule has 200 valence electrons. The molecule has 0 saturated heterocycles. The minimum atomic E-state index is -0.933. The van der Waals surface area contributed by atoms with Crippen molar-refractivity contribution in [3.8, 4) is 0 Å². The summed E-state index contributed by atoms with van der Waals surface area (Å²) in [6, 6.07) is 21.1. The molecule has 4 aromatic rings. The van der Waals surface area contributed by atoms with Gasteiger partial charge in [0.05, 0.1) is 5.52 Å². The van der Waals surface area contributed by atoms with Gasteiger partial charge >= 0.3 is 0 Å². The lowest BCUT2D eigenvalue weighted by molar-refractivity contribution is -0.127. The van der Waals surface area contributed by atoms with Crippen molar-refractivity contribution in [1.29, 1.82) is 0 Å². The third-order valence-electron chi connectivity index (χ3n) is 7.45. The molecule has 8 nitrogen and oxygen atoms in total. The van der Waals surface area contributed by atoms with Gasteiger partial charge in [-0.2, -0.15) is 0 Å². The number of ketones is 1. The summed E-state index contributed by atoms with van der Waals surface area (Å²) in [7, 11) is 0. The summed E-state index contributed by atoms with van der Waals surface area (Å²) in [6.45, 7) is 3.31. The average molecular weight is 524 g/mol. The second-order valence-electron chi connectivity index (χ2n) is 10.2. The van der Waals surface area contributed by atoms with E-state index in [4.69, 9.17) is 0 Å².